The molecule has 0 aliphatic carbocycles. The third-order valence-electron chi connectivity index (χ3n) is 4.73. The topological polar surface area (TPSA) is 71.4 Å². The molecular formula is C20H23N5O2. The predicted octanol–water partition coefficient (Wildman–Crippen LogP) is 3.05. The van der Waals surface area contributed by atoms with Crippen LogP contribution in [-0.4, -0.2) is 47.0 Å². The summed E-state index contributed by atoms with van der Waals surface area (Å²) in [5.74, 6) is 0. The number of hydrogen-bond donors (Lipinski definition) is 2. The molecule has 0 atom stereocenters. The van der Waals surface area contributed by atoms with Crippen LogP contribution in [0.5, 0.6) is 0 Å². The summed E-state index contributed by atoms with van der Waals surface area (Å²) in [7, 11) is 1.89. The van der Waals surface area contributed by atoms with E-state index in [2.05, 4.69) is 20.6 Å². The molecule has 0 saturated carbocycles. The van der Waals surface area contributed by atoms with Crippen molar-refractivity contribution in [1.82, 2.24) is 14.7 Å². The Morgan fingerprint density at radius 2 is 1.78 bits per heavy atom. The fourth-order valence-electron chi connectivity index (χ4n) is 3.25. The van der Waals surface area contributed by atoms with Gasteiger partial charge < -0.3 is 15.4 Å². The monoisotopic (exact) mass is 365 g/mol. The Balaban J connectivity index is 1.34. The van der Waals surface area contributed by atoms with E-state index in [1.54, 1.807) is 10.9 Å². The number of nitrogens with zero attached hydrogens (tertiary/aromatic N) is 3. The van der Waals surface area contributed by atoms with Crippen LogP contribution in [0.4, 0.5) is 16.2 Å². The highest BCUT2D eigenvalue weighted by atomic mass is 16.5. The third-order valence-corrected chi connectivity index (χ3v) is 4.73. The van der Waals surface area contributed by atoms with Crippen LogP contribution in [0.25, 0.3) is 10.9 Å². The van der Waals surface area contributed by atoms with Gasteiger partial charge in [0.2, 0.25) is 0 Å². The fourth-order valence-corrected chi connectivity index (χ4v) is 3.25. The van der Waals surface area contributed by atoms with Crippen LogP contribution in [-0.2, 0) is 18.3 Å². The second-order valence-electron chi connectivity index (χ2n) is 6.71. The number of fused-ring (bicyclic) bond motifs is 1. The number of aromatic nitrogens is 2. The maximum Gasteiger partial charge on any atom is 0.323 e. The Bertz CT molecular complexity index is 929. The van der Waals surface area contributed by atoms with E-state index in [0.717, 1.165) is 55.1 Å². The van der Waals surface area contributed by atoms with Gasteiger partial charge in [0, 0.05) is 43.4 Å². The summed E-state index contributed by atoms with van der Waals surface area (Å²) >= 11 is 0. The Labute approximate surface area is 157 Å². The van der Waals surface area contributed by atoms with E-state index in [0.29, 0.717) is 0 Å². The molecule has 27 heavy (non-hydrogen) atoms. The summed E-state index contributed by atoms with van der Waals surface area (Å²) in [5, 5.41) is 10.9. The Morgan fingerprint density at radius 1 is 1.07 bits per heavy atom. The van der Waals surface area contributed by atoms with Crippen LogP contribution in [0.3, 0.4) is 0 Å². The van der Waals surface area contributed by atoms with Gasteiger partial charge in [-0.2, -0.15) is 5.10 Å². The van der Waals surface area contributed by atoms with Gasteiger partial charge >= 0.3 is 6.03 Å². The molecule has 0 bridgehead atoms. The van der Waals surface area contributed by atoms with Crippen molar-refractivity contribution in [3.8, 4) is 0 Å². The minimum absolute atomic E-state index is 0.265. The van der Waals surface area contributed by atoms with Crippen molar-refractivity contribution in [2.45, 2.75) is 6.54 Å². The quantitative estimate of drug-likeness (QED) is 0.745. The largest absolute Gasteiger partial charge is 0.379 e. The Kier molecular flexibility index (Phi) is 5.04. The average molecular weight is 365 g/mol. The highest BCUT2D eigenvalue weighted by Crippen LogP contribution is 2.19. The summed E-state index contributed by atoms with van der Waals surface area (Å²) in [6, 6.07) is 13.4. The van der Waals surface area contributed by atoms with Gasteiger partial charge in [0.05, 0.1) is 24.9 Å². The molecule has 0 radical (unpaired) electrons. The molecule has 4 rings (SSSR count). The first kappa shape index (κ1) is 17.5. The van der Waals surface area contributed by atoms with E-state index in [1.807, 2.05) is 49.5 Å². The van der Waals surface area contributed by atoms with Crippen molar-refractivity contribution in [1.29, 1.82) is 0 Å². The maximum atomic E-state index is 12.3. The molecule has 2 amide bonds. The smallest absolute Gasteiger partial charge is 0.323 e. The van der Waals surface area contributed by atoms with E-state index in [9.17, 15) is 4.79 Å². The first-order valence-corrected chi connectivity index (χ1v) is 9.06. The zero-order valence-corrected chi connectivity index (χ0v) is 15.3. The molecule has 2 heterocycles. The number of carbonyl (C=O) groups is 1. The number of ether oxygens (including phenoxy) is 1. The minimum Gasteiger partial charge on any atom is -0.379 e. The minimum atomic E-state index is -0.265. The van der Waals surface area contributed by atoms with Crippen molar-refractivity contribution < 1.29 is 9.53 Å². The van der Waals surface area contributed by atoms with Crippen LogP contribution < -0.4 is 10.6 Å². The lowest BCUT2D eigenvalue weighted by molar-refractivity contribution is 0.0342. The molecule has 140 valence electrons. The fraction of sp³-hybridized carbons (Fsp3) is 0.300. The highest BCUT2D eigenvalue weighted by molar-refractivity contribution is 6.00. The van der Waals surface area contributed by atoms with Crippen molar-refractivity contribution >= 4 is 28.3 Å². The summed E-state index contributed by atoms with van der Waals surface area (Å²) in [4.78, 5) is 14.6. The third kappa shape index (κ3) is 4.27. The number of anilines is 2. The lowest BCUT2D eigenvalue weighted by atomic mass is 10.2. The normalized spacial score (nSPS) is 15.0. The van der Waals surface area contributed by atoms with E-state index in [-0.39, 0.29) is 6.03 Å². The SMILES string of the molecule is Cn1ncc2cc(NC(=O)Nc3ccc(CN4CCOCC4)cc3)ccc21. The van der Waals surface area contributed by atoms with Crippen molar-refractivity contribution in [2.24, 2.45) is 7.05 Å². The van der Waals surface area contributed by atoms with Gasteiger partial charge in [-0.15, -0.1) is 0 Å². The van der Waals surface area contributed by atoms with Gasteiger partial charge in [-0.3, -0.25) is 9.58 Å². The second kappa shape index (κ2) is 7.77. The molecule has 1 aliphatic rings. The van der Waals surface area contributed by atoms with Crippen LogP contribution in [0.15, 0.2) is 48.7 Å². The van der Waals surface area contributed by atoms with Crippen molar-refractivity contribution in [2.75, 3.05) is 36.9 Å². The number of morpholine rings is 1. The number of amides is 2. The van der Waals surface area contributed by atoms with Gasteiger partial charge in [0.25, 0.3) is 0 Å². The summed E-state index contributed by atoms with van der Waals surface area (Å²) < 4.78 is 7.18. The van der Waals surface area contributed by atoms with E-state index in [4.69, 9.17) is 4.74 Å². The number of hydrogen-bond acceptors (Lipinski definition) is 4. The number of nitrogens with one attached hydrogen (secondary N) is 2. The van der Waals surface area contributed by atoms with E-state index >= 15 is 0 Å². The molecule has 3 aromatic rings. The second-order valence-corrected chi connectivity index (χ2v) is 6.71. The zero-order valence-electron chi connectivity index (χ0n) is 15.3. The predicted molar refractivity (Wildman–Crippen MR) is 106 cm³/mol. The van der Waals surface area contributed by atoms with Gasteiger partial charge in [-0.05, 0) is 35.9 Å². The lowest BCUT2D eigenvalue weighted by Gasteiger charge is -2.26. The number of rotatable bonds is 4. The molecule has 1 aliphatic heterocycles. The zero-order chi connectivity index (χ0) is 18.6. The van der Waals surface area contributed by atoms with Gasteiger partial charge in [-0.25, -0.2) is 4.79 Å². The van der Waals surface area contributed by atoms with Crippen LogP contribution in [0.2, 0.25) is 0 Å². The number of benzene rings is 2. The van der Waals surface area contributed by atoms with E-state index < -0.39 is 0 Å². The van der Waals surface area contributed by atoms with E-state index in [1.165, 1.54) is 5.56 Å². The Hall–Kier alpha value is -2.90. The molecule has 1 saturated heterocycles. The molecule has 1 fully saturated rings. The number of carbonyl (C=O) groups excluding carboxylic acids is 1. The van der Waals surface area contributed by atoms with Crippen LogP contribution in [0.1, 0.15) is 5.56 Å². The van der Waals surface area contributed by atoms with Crippen molar-refractivity contribution in [3.05, 3.63) is 54.2 Å². The van der Waals surface area contributed by atoms with Gasteiger partial charge in [0.15, 0.2) is 0 Å². The molecular weight excluding hydrogens is 342 g/mol. The van der Waals surface area contributed by atoms with Crippen LogP contribution in [0, 0.1) is 0 Å². The highest BCUT2D eigenvalue weighted by Gasteiger charge is 2.11. The molecule has 2 N–H and O–H groups in total. The molecule has 0 unspecified atom stereocenters. The summed E-state index contributed by atoms with van der Waals surface area (Å²) in [6.07, 6.45) is 1.78. The Morgan fingerprint density at radius 3 is 2.56 bits per heavy atom. The average Bonchev–Trinajstić information content (AvgIpc) is 3.04. The molecule has 1 aromatic heterocycles. The molecule has 2 aromatic carbocycles. The molecule has 7 heteroatoms. The summed E-state index contributed by atoms with van der Waals surface area (Å²) in [6.45, 7) is 4.42. The van der Waals surface area contributed by atoms with Crippen molar-refractivity contribution in [3.63, 3.8) is 0 Å². The molecule has 0 spiro atoms. The van der Waals surface area contributed by atoms with Gasteiger partial charge in [0.1, 0.15) is 0 Å². The number of aryl methyl sites for hydroxylation is 1. The standard InChI is InChI=1S/C20H23N5O2/c1-24-19-7-6-18(12-16(19)13-21-24)23-20(26)22-17-4-2-15(3-5-17)14-25-8-10-27-11-9-25/h2-7,12-13H,8-11,14H2,1H3,(H2,22,23,26). The van der Waals surface area contributed by atoms with Crippen LogP contribution >= 0.6 is 0 Å². The lowest BCUT2D eigenvalue weighted by Crippen LogP contribution is -2.35. The summed E-state index contributed by atoms with van der Waals surface area (Å²) in [5.41, 5.74) is 3.75. The van der Waals surface area contributed by atoms with Gasteiger partial charge in [-0.1, -0.05) is 12.1 Å². The maximum absolute atomic E-state index is 12.3. The number of urea groups is 1. The molecule has 7 nitrogen and oxygen atoms in total. The first-order chi connectivity index (χ1) is 13.2. The first-order valence-electron chi connectivity index (χ1n) is 9.06.